The Morgan fingerprint density at radius 1 is 1.09 bits per heavy atom. The van der Waals surface area contributed by atoms with E-state index in [2.05, 4.69) is 27.0 Å². The third kappa shape index (κ3) is 3.55. The smallest absolute Gasteiger partial charge is 0.227 e. The van der Waals surface area contributed by atoms with E-state index in [1.54, 1.807) is 18.3 Å². The summed E-state index contributed by atoms with van der Waals surface area (Å²) >= 11 is 0. The number of aryl methyl sites for hydroxylation is 1. The number of benzene rings is 1. The molecule has 0 bridgehead atoms. The van der Waals surface area contributed by atoms with Gasteiger partial charge in [0.2, 0.25) is 11.7 Å². The molecule has 3 aromatic rings. The first-order valence-corrected chi connectivity index (χ1v) is 6.80. The van der Waals surface area contributed by atoms with Crippen molar-refractivity contribution >= 4 is 0 Å². The van der Waals surface area contributed by atoms with Crippen molar-refractivity contribution in [2.75, 3.05) is 0 Å². The van der Waals surface area contributed by atoms with Crippen molar-refractivity contribution in [3.8, 4) is 23.2 Å². The Labute approximate surface area is 127 Å². The number of aromatic nitrogens is 3. The SMILES string of the molecule is Fc1ccc(-c2noc(CCC#Cc3ccccn3)n2)cc1. The standard InChI is InChI=1S/C17H12FN3O/c18-14-10-8-13(9-11-14)17-20-16(22-21-17)7-2-1-5-15-6-3-4-12-19-15/h3-4,6,8-12H,2,7H2. The van der Waals surface area contributed by atoms with Crippen molar-refractivity contribution in [1.82, 2.24) is 15.1 Å². The molecule has 0 radical (unpaired) electrons. The molecule has 0 aliphatic heterocycles. The predicted molar refractivity (Wildman–Crippen MR) is 79.1 cm³/mol. The van der Waals surface area contributed by atoms with Gasteiger partial charge in [-0.1, -0.05) is 17.1 Å². The van der Waals surface area contributed by atoms with Crippen molar-refractivity contribution in [3.63, 3.8) is 0 Å². The molecule has 0 spiro atoms. The van der Waals surface area contributed by atoms with Crippen molar-refractivity contribution in [2.24, 2.45) is 0 Å². The normalized spacial score (nSPS) is 10.0. The zero-order valence-corrected chi connectivity index (χ0v) is 11.7. The van der Waals surface area contributed by atoms with Gasteiger partial charge in [0.1, 0.15) is 11.5 Å². The minimum absolute atomic E-state index is 0.294. The maximum Gasteiger partial charge on any atom is 0.227 e. The van der Waals surface area contributed by atoms with Crippen LogP contribution in [0.2, 0.25) is 0 Å². The minimum atomic E-state index is -0.294. The quantitative estimate of drug-likeness (QED) is 0.696. The molecule has 0 atom stereocenters. The zero-order valence-electron chi connectivity index (χ0n) is 11.7. The van der Waals surface area contributed by atoms with Crippen molar-refractivity contribution in [3.05, 3.63) is 66.1 Å². The Kier molecular flexibility index (Phi) is 4.21. The van der Waals surface area contributed by atoms with Crippen LogP contribution in [0.1, 0.15) is 18.0 Å². The highest BCUT2D eigenvalue weighted by Crippen LogP contribution is 2.16. The van der Waals surface area contributed by atoms with E-state index in [0.29, 0.717) is 24.6 Å². The predicted octanol–water partition coefficient (Wildman–Crippen LogP) is 3.26. The van der Waals surface area contributed by atoms with Gasteiger partial charge in [0.25, 0.3) is 0 Å². The summed E-state index contributed by atoms with van der Waals surface area (Å²) in [7, 11) is 0. The Hall–Kier alpha value is -3.00. The van der Waals surface area contributed by atoms with Crippen LogP contribution in [-0.2, 0) is 6.42 Å². The Bertz CT molecular complexity index is 801. The van der Waals surface area contributed by atoms with E-state index in [1.807, 2.05) is 18.2 Å². The molecule has 0 saturated carbocycles. The highest BCUT2D eigenvalue weighted by Gasteiger charge is 2.07. The first-order valence-electron chi connectivity index (χ1n) is 6.80. The first kappa shape index (κ1) is 14.0. The fourth-order valence-corrected chi connectivity index (χ4v) is 1.83. The number of rotatable bonds is 3. The van der Waals surface area contributed by atoms with Gasteiger partial charge in [0, 0.05) is 24.6 Å². The lowest BCUT2D eigenvalue weighted by molar-refractivity contribution is 0.380. The summed E-state index contributed by atoms with van der Waals surface area (Å²) in [4.78, 5) is 8.39. The minimum Gasteiger partial charge on any atom is -0.339 e. The molecule has 0 fully saturated rings. The fraction of sp³-hybridized carbons (Fsp3) is 0.118. The summed E-state index contributed by atoms with van der Waals surface area (Å²) in [6.07, 6.45) is 2.87. The maximum atomic E-state index is 12.9. The number of hydrogen-bond acceptors (Lipinski definition) is 4. The number of hydrogen-bond donors (Lipinski definition) is 0. The highest BCUT2D eigenvalue weighted by atomic mass is 19.1. The Morgan fingerprint density at radius 3 is 2.73 bits per heavy atom. The van der Waals surface area contributed by atoms with Crippen LogP contribution in [-0.4, -0.2) is 15.1 Å². The van der Waals surface area contributed by atoms with E-state index in [4.69, 9.17) is 4.52 Å². The Balaban J connectivity index is 1.61. The van der Waals surface area contributed by atoms with Gasteiger partial charge in [-0.2, -0.15) is 4.98 Å². The molecule has 4 nitrogen and oxygen atoms in total. The van der Waals surface area contributed by atoms with E-state index >= 15 is 0 Å². The maximum absolute atomic E-state index is 12.9. The van der Waals surface area contributed by atoms with E-state index < -0.39 is 0 Å². The second-order valence-corrected chi connectivity index (χ2v) is 4.54. The number of nitrogens with zero attached hydrogens (tertiary/aromatic N) is 3. The molecule has 108 valence electrons. The highest BCUT2D eigenvalue weighted by molar-refractivity contribution is 5.53. The third-order valence-corrected chi connectivity index (χ3v) is 2.92. The molecule has 5 heteroatoms. The first-order chi connectivity index (χ1) is 10.8. The summed E-state index contributed by atoms with van der Waals surface area (Å²) < 4.78 is 18.0. The molecule has 3 rings (SSSR count). The molecule has 2 heterocycles. The Morgan fingerprint density at radius 2 is 1.95 bits per heavy atom. The molecule has 0 amide bonds. The monoisotopic (exact) mass is 293 g/mol. The van der Waals surface area contributed by atoms with Crippen LogP contribution in [0.5, 0.6) is 0 Å². The topological polar surface area (TPSA) is 51.8 Å². The molecule has 2 aromatic heterocycles. The van der Waals surface area contributed by atoms with E-state index in [1.165, 1.54) is 12.1 Å². The van der Waals surface area contributed by atoms with Crippen LogP contribution in [0.25, 0.3) is 11.4 Å². The summed E-state index contributed by atoms with van der Waals surface area (Å²) in [5.74, 6) is 6.65. The second-order valence-electron chi connectivity index (χ2n) is 4.54. The molecular weight excluding hydrogens is 281 g/mol. The molecule has 0 aliphatic carbocycles. The van der Waals surface area contributed by atoms with Gasteiger partial charge in [-0.25, -0.2) is 9.37 Å². The van der Waals surface area contributed by atoms with E-state index in [-0.39, 0.29) is 5.82 Å². The van der Waals surface area contributed by atoms with Crippen LogP contribution < -0.4 is 0 Å². The van der Waals surface area contributed by atoms with E-state index in [0.717, 1.165) is 11.3 Å². The molecule has 0 aliphatic rings. The van der Waals surface area contributed by atoms with Gasteiger partial charge in [-0.15, -0.1) is 0 Å². The largest absolute Gasteiger partial charge is 0.339 e. The second kappa shape index (κ2) is 6.64. The zero-order chi connectivity index (χ0) is 15.2. The number of halogens is 1. The summed E-state index contributed by atoms with van der Waals surface area (Å²) in [5.41, 5.74) is 1.45. The molecule has 0 saturated heterocycles. The summed E-state index contributed by atoms with van der Waals surface area (Å²) in [6.45, 7) is 0. The molecule has 1 aromatic carbocycles. The van der Waals surface area contributed by atoms with Crippen LogP contribution in [0.4, 0.5) is 4.39 Å². The third-order valence-electron chi connectivity index (χ3n) is 2.92. The molecule has 0 unspecified atom stereocenters. The lowest BCUT2D eigenvalue weighted by Crippen LogP contribution is -1.85. The lowest BCUT2D eigenvalue weighted by Gasteiger charge is -1.92. The van der Waals surface area contributed by atoms with Crippen molar-refractivity contribution < 1.29 is 8.91 Å². The van der Waals surface area contributed by atoms with Crippen LogP contribution in [0.15, 0.2) is 53.2 Å². The fourth-order valence-electron chi connectivity index (χ4n) is 1.83. The van der Waals surface area contributed by atoms with Crippen molar-refractivity contribution in [1.29, 1.82) is 0 Å². The van der Waals surface area contributed by atoms with Gasteiger partial charge in [-0.05, 0) is 42.3 Å². The van der Waals surface area contributed by atoms with Crippen LogP contribution in [0.3, 0.4) is 0 Å². The van der Waals surface area contributed by atoms with Gasteiger partial charge >= 0.3 is 0 Å². The molecule has 0 N–H and O–H groups in total. The van der Waals surface area contributed by atoms with Gasteiger partial charge in [-0.3, -0.25) is 0 Å². The van der Waals surface area contributed by atoms with Crippen LogP contribution >= 0.6 is 0 Å². The van der Waals surface area contributed by atoms with Crippen molar-refractivity contribution in [2.45, 2.75) is 12.8 Å². The molecule has 22 heavy (non-hydrogen) atoms. The summed E-state index contributed by atoms with van der Waals surface area (Å²) in [6, 6.07) is 11.6. The number of pyridine rings is 1. The lowest BCUT2D eigenvalue weighted by atomic mass is 10.2. The average Bonchev–Trinajstić information content (AvgIpc) is 3.02. The van der Waals surface area contributed by atoms with E-state index in [9.17, 15) is 4.39 Å². The van der Waals surface area contributed by atoms with Gasteiger partial charge < -0.3 is 4.52 Å². The average molecular weight is 293 g/mol. The summed E-state index contributed by atoms with van der Waals surface area (Å²) in [5, 5.41) is 3.88. The van der Waals surface area contributed by atoms with Gasteiger partial charge in [0.15, 0.2) is 0 Å². The van der Waals surface area contributed by atoms with Gasteiger partial charge in [0.05, 0.1) is 0 Å². The molecular formula is C17H12FN3O. The van der Waals surface area contributed by atoms with Crippen LogP contribution in [0, 0.1) is 17.7 Å².